The normalized spacial score (nSPS) is 10.5. The monoisotopic (exact) mass is 509 g/mol. The van der Waals surface area contributed by atoms with E-state index in [1.54, 1.807) is 79.9 Å². The second-order valence-corrected chi connectivity index (χ2v) is 7.59. The molecule has 3 aromatic rings. The second kappa shape index (κ2) is 11.6. The van der Waals surface area contributed by atoms with E-state index in [1.807, 2.05) is 0 Å². The zero-order valence-electron chi connectivity index (χ0n) is 17.6. The smallest absolute Gasteiger partial charge is 0.343 e. The van der Waals surface area contributed by atoms with E-state index in [0.29, 0.717) is 28.2 Å². The number of esters is 1. The van der Waals surface area contributed by atoms with Gasteiger partial charge >= 0.3 is 5.97 Å². The van der Waals surface area contributed by atoms with E-state index in [0.717, 1.165) is 4.47 Å². The predicted molar refractivity (Wildman–Crippen MR) is 127 cm³/mol. The first kappa shape index (κ1) is 23.7. The van der Waals surface area contributed by atoms with Crippen LogP contribution in [0.5, 0.6) is 11.5 Å². The molecule has 0 fully saturated rings. The lowest BCUT2D eigenvalue weighted by Gasteiger charge is -2.06. The zero-order valence-corrected chi connectivity index (χ0v) is 19.2. The van der Waals surface area contributed by atoms with Crippen LogP contribution in [0, 0.1) is 0 Å². The number of nitrogens with one attached hydrogen (secondary N) is 2. The molecular weight excluding hydrogens is 490 g/mol. The molecule has 3 aromatic carbocycles. The minimum Gasteiger partial charge on any atom is -0.497 e. The molecule has 0 spiro atoms. The van der Waals surface area contributed by atoms with Crippen molar-refractivity contribution in [3.05, 3.63) is 94.0 Å². The first-order valence-corrected chi connectivity index (χ1v) is 10.6. The fraction of sp³-hybridized carbons (Fsp3) is 0.0833. The second-order valence-electron chi connectivity index (χ2n) is 6.68. The lowest BCUT2D eigenvalue weighted by molar-refractivity contribution is -0.120. The number of nitrogens with zero attached hydrogens (tertiary/aromatic N) is 1. The molecule has 0 saturated carbocycles. The summed E-state index contributed by atoms with van der Waals surface area (Å²) >= 11 is 3.29. The number of benzene rings is 3. The molecule has 0 unspecified atom stereocenters. The van der Waals surface area contributed by atoms with Crippen LogP contribution in [0.1, 0.15) is 26.3 Å². The molecule has 3 rings (SSSR count). The molecular formula is C24H20BrN3O5. The van der Waals surface area contributed by atoms with E-state index in [9.17, 15) is 14.4 Å². The summed E-state index contributed by atoms with van der Waals surface area (Å²) < 4.78 is 11.2. The van der Waals surface area contributed by atoms with Gasteiger partial charge in [-0.15, -0.1) is 0 Å². The third-order valence-corrected chi connectivity index (χ3v) is 4.79. The number of hydrogen-bond donors (Lipinski definition) is 2. The van der Waals surface area contributed by atoms with Gasteiger partial charge in [0, 0.05) is 10.0 Å². The number of halogens is 1. The molecule has 0 saturated heterocycles. The molecule has 2 N–H and O–H groups in total. The van der Waals surface area contributed by atoms with Crippen molar-refractivity contribution in [2.45, 2.75) is 0 Å². The highest BCUT2D eigenvalue weighted by Crippen LogP contribution is 2.16. The molecule has 0 radical (unpaired) electrons. The summed E-state index contributed by atoms with van der Waals surface area (Å²) in [5, 5.41) is 6.38. The van der Waals surface area contributed by atoms with Crippen LogP contribution in [0.25, 0.3) is 0 Å². The number of carbonyl (C=O) groups is 3. The average molecular weight is 510 g/mol. The van der Waals surface area contributed by atoms with E-state index in [4.69, 9.17) is 9.47 Å². The third kappa shape index (κ3) is 7.29. The van der Waals surface area contributed by atoms with Gasteiger partial charge in [-0.2, -0.15) is 5.10 Å². The molecule has 0 aromatic heterocycles. The molecule has 0 bridgehead atoms. The van der Waals surface area contributed by atoms with Crippen LogP contribution in [0.3, 0.4) is 0 Å². The van der Waals surface area contributed by atoms with Crippen molar-refractivity contribution >= 4 is 39.9 Å². The van der Waals surface area contributed by atoms with Gasteiger partial charge in [0.1, 0.15) is 11.5 Å². The number of carbonyl (C=O) groups excluding carboxylic acids is 3. The zero-order chi connectivity index (χ0) is 23.6. The molecule has 33 heavy (non-hydrogen) atoms. The van der Waals surface area contributed by atoms with Crippen LogP contribution in [0.15, 0.2) is 82.4 Å². The maximum Gasteiger partial charge on any atom is 0.343 e. The Kier molecular flexibility index (Phi) is 8.31. The Labute approximate surface area is 198 Å². The Morgan fingerprint density at radius 3 is 2.42 bits per heavy atom. The predicted octanol–water partition coefficient (Wildman–Crippen LogP) is 3.56. The number of methoxy groups -OCH3 is 1. The van der Waals surface area contributed by atoms with Gasteiger partial charge in [-0.3, -0.25) is 9.59 Å². The van der Waals surface area contributed by atoms with Crippen LogP contribution in [0.4, 0.5) is 0 Å². The summed E-state index contributed by atoms with van der Waals surface area (Å²) in [5.74, 6) is -0.411. The number of hydrogen-bond acceptors (Lipinski definition) is 6. The SMILES string of the molecule is COc1ccc(C(=O)Oc2cccc(/C=N\NC(=O)CNC(=O)c3cccc(Br)c3)c2)cc1. The summed E-state index contributed by atoms with van der Waals surface area (Å²) in [6.45, 7) is -0.234. The van der Waals surface area contributed by atoms with Crippen molar-refractivity contribution in [1.29, 1.82) is 0 Å². The maximum absolute atomic E-state index is 12.3. The van der Waals surface area contributed by atoms with E-state index in [2.05, 4.69) is 31.8 Å². The lowest BCUT2D eigenvalue weighted by Crippen LogP contribution is -2.34. The Balaban J connectivity index is 1.49. The van der Waals surface area contributed by atoms with Gasteiger partial charge in [-0.25, -0.2) is 10.2 Å². The van der Waals surface area contributed by atoms with Gasteiger partial charge in [0.25, 0.3) is 11.8 Å². The van der Waals surface area contributed by atoms with Crippen molar-refractivity contribution in [2.24, 2.45) is 5.10 Å². The molecule has 8 nitrogen and oxygen atoms in total. The van der Waals surface area contributed by atoms with E-state index in [1.165, 1.54) is 6.21 Å². The number of ether oxygens (including phenoxy) is 2. The van der Waals surface area contributed by atoms with E-state index < -0.39 is 11.9 Å². The van der Waals surface area contributed by atoms with Crippen LogP contribution >= 0.6 is 15.9 Å². The highest BCUT2D eigenvalue weighted by Gasteiger charge is 2.10. The van der Waals surface area contributed by atoms with Gasteiger partial charge < -0.3 is 14.8 Å². The summed E-state index contributed by atoms with van der Waals surface area (Å²) in [7, 11) is 1.54. The Bertz CT molecular complexity index is 1180. The summed E-state index contributed by atoms with van der Waals surface area (Å²) in [5.41, 5.74) is 3.75. The quantitative estimate of drug-likeness (QED) is 0.209. The van der Waals surface area contributed by atoms with Crippen LogP contribution in [0.2, 0.25) is 0 Å². The minimum atomic E-state index is -0.513. The van der Waals surface area contributed by atoms with E-state index in [-0.39, 0.29) is 12.5 Å². The Hall–Kier alpha value is -3.98. The third-order valence-electron chi connectivity index (χ3n) is 4.29. The van der Waals surface area contributed by atoms with Gasteiger partial charge in [-0.05, 0) is 60.2 Å². The Morgan fingerprint density at radius 1 is 0.939 bits per heavy atom. The molecule has 9 heteroatoms. The van der Waals surface area contributed by atoms with Crippen molar-refractivity contribution in [3.8, 4) is 11.5 Å². The molecule has 0 aliphatic heterocycles. The largest absolute Gasteiger partial charge is 0.497 e. The van der Waals surface area contributed by atoms with Crippen molar-refractivity contribution < 1.29 is 23.9 Å². The lowest BCUT2D eigenvalue weighted by atomic mass is 10.2. The van der Waals surface area contributed by atoms with Gasteiger partial charge in [0.15, 0.2) is 0 Å². The van der Waals surface area contributed by atoms with Gasteiger partial charge in [0.2, 0.25) is 0 Å². The molecule has 0 heterocycles. The first-order valence-electron chi connectivity index (χ1n) is 9.76. The average Bonchev–Trinajstić information content (AvgIpc) is 2.83. The van der Waals surface area contributed by atoms with Crippen molar-refractivity contribution in [1.82, 2.24) is 10.7 Å². The highest BCUT2D eigenvalue weighted by atomic mass is 79.9. The number of amides is 2. The summed E-state index contributed by atoms with van der Waals surface area (Å²) in [6, 6.07) is 20.0. The summed E-state index contributed by atoms with van der Waals surface area (Å²) in [6.07, 6.45) is 1.40. The van der Waals surface area contributed by atoms with E-state index >= 15 is 0 Å². The topological polar surface area (TPSA) is 106 Å². The van der Waals surface area contributed by atoms with Crippen molar-refractivity contribution in [3.63, 3.8) is 0 Å². The van der Waals surface area contributed by atoms with Gasteiger partial charge in [0.05, 0.1) is 25.4 Å². The molecule has 0 aliphatic rings. The number of hydrazone groups is 1. The van der Waals surface area contributed by atoms with Crippen LogP contribution in [-0.4, -0.2) is 37.7 Å². The molecule has 0 atom stereocenters. The van der Waals surface area contributed by atoms with Crippen molar-refractivity contribution in [2.75, 3.05) is 13.7 Å². The fourth-order valence-corrected chi connectivity index (χ4v) is 3.06. The molecule has 2 amide bonds. The van der Waals surface area contributed by atoms with Crippen LogP contribution in [-0.2, 0) is 4.79 Å². The summed E-state index contributed by atoms with van der Waals surface area (Å²) in [4.78, 5) is 36.3. The van der Waals surface area contributed by atoms with Gasteiger partial charge in [-0.1, -0.05) is 34.1 Å². The fourth-order valence-electron chi connectivity index (χ4n) is 2.66. The molecule has 168 valence electrons. The minimum absolute atomic E-state index is 0.234. The Morgan fingerprint density at radius 2 is 1.70 bits per heavy atom. The van der Waals surface area contributed by atoms with Crippen LogP contribution < -0.4 is 20.2 Å². The first-order chi connectivity index (χ1) is 15.9. The maximum atomic E-state index is 12.3. The number of rotatable bonds is 8. The highest BCUT2D eigenvalue weighted by molar-refractivity contribution is 9.10. The molecule has 0 aliphatic carbocycles. The standard InChI is InChI=1S/C24H20BrN3O5/c1-32-20-10-8-17(9-11-20)24(31)33-21-7-2-4-16(12-21)14-27-28-22(29)15-26-23(30)18-5-3-6-19(25)13-18/h2-14H,15H2,1H3,(H,26,30)(H,28,29)/b27-14-.